The molecule has 2 unspecified atom stereocenters. The normalized spacial score (nSPS) is 21.4. The lowest BCUT2D eigenvalue weighted by molar-refractivity contribution is 0.328. The topological polar surface area (TPSA) is 30.7 Å². The van der Waals surface area contributed by atoms with Crippen molar-refractivity contribution in [1.82, 2.24) is 14.8 Å². The number of hydrogen-bond donors (Lipinski definition) is 0. The van der Waals surface area contributed by atoms with Gasteiger partial charge in [-0.3, -0.25) is 0 Å². The van der Waals surface area contributed by atoms with Crippen LogP contribution in [0.15, 0.2) is 36.9 Å². The van der Waals surface area contributed by atoms with Gasteiger partial charge in [0.05, 0.1) is 6.04 Å². The number of allylic oxidation sites excluding steroid dienone is 1. The van der Waals surface area contributed by atoms with Crippen LogP contribution in [0, 0.1) is 0 Å². The van der Waals surface area contributed by atoms with E-state index in [1.54, 1.807) is 4.68 Å². The molecule has 0 N–H and O–H groups in total. The van der Waals surface area contributed by atoms with E-state index in [1.165, 1.54) is 0 Å². The van der Waals surface area contributed by atoms with Crippen molar-refractivity contribution >= 4 is 5.57 Å². The van der Waals surface area contributed by atoms with Crippen molar-refractivity contribution in [2.75, 3.05) is 0 Å². The molecule has 0 aliphatic carbocycles. The Balaban J connectivity index is 2.02. The molecule has 0 bridgehead atoms. The summed E-state index contributed by atoms with van der Waals surface area (Å²) in [5.74, 6) is 0.999. The molecule has 0 radical (unpaired) electrons. The molecule has 1 aliphatic heterocycles. The van der Waals surface area contributed by atoms with E-state index in [-0.39, 0.29) is 6.04 Å². The smallest absolute Gasteiger partial charge is 0.176 e. The highest BCUT2D eigenvalue weighted by atomic mass is 19.1. The van der Waals surface area contributed by atoms with Gasteiger partial charge in [-0.1, -0.05) is 43.8 Å². The predicted octanol–water partition coefficient (Wildman–Crippen LogP) is 3.71. The van der Waals surface area contributed by atoms with Gasteiger partial charge in [0.25, 0.3) is 0 Å². The highest BCUT2D eigenvalue weighted by Crippen LogP contribution is 2.39. The van der Waals surface area contributed by atoms with Crippen LogP contribution in [0.1, 0.15) is 49.2 Å². The summed E-state index contributed by atoms with van der Waals surface area (Å²) in [6, 6.07) is 9.83. The summed E-state index contributed by atoms with van der Waals surface area (Å²) in [6.45, 7) is 5.91. The number of rotatable bonds is 3. The molecule has 1 aliphatic rings. The van der Waals surface area contributed by atoms with Gasteiger partial charge in [-0.05, 0) is 17.6 Å². The van der Waals surface area contributed by atoms with Crippen LogP contribution in [-0.4, -0.2) is 14.8 Å². The van der Waals surface area contributed by atoms with Gasteiger partial charge in [0.15, 0.2) is 17.8 Å². The molecule has 2 heterocycles. The number of nitrogens with zero attached hydrogens (tertiary/aromatic N) is 3. The summed E-state index contributed by atoms with van der Waals surface area (Å²) in [6.07, 6.45) is 0.144. The first-order valence-corrected chi connectivity index (χ1v) is 6.54. The van der Waals surface area contributed by atoms with Crippen molar-refractivity contribution in [2.24, 2.45) is 0 Å². The molecule has 0 amide bonds. The fourth-order valence-corrected chi connectivity index (χ4v) is 2.44. The summed E-state index contributed by atoms with van der Waals surface area (Å²) in [5.41, 5.74) is 1.92. The second-order valence-electron chi connectivity index (χ2n) is 4.83. The second-order valence-corrected chi connectivity index (χ2v) is 4.83. The van der Waals surface area contributed by atoms with E-state index < -0.39 is 6.17 Å². The van der Waals surface area contributed by atoms with Crippen molar-refractivity contribution in [2.45, 2.75) is 32.0 Å². The standard InChI is InChI=1S/C15H16FN3/c1-3-10(2)14-17-15-12(16)9-13(19(15)18-14)11-7-5-4-6-8-11/h4-8,12-13H,2-3,9H2,1H3. The third kappa shape index (κ3) is 1.97. The second kappa shape index (κ2) is 4.61. The SMILES string of the molecule is C=C(CC)c1nc2n(n1)C(c1ccccc1)CC2F. The molecule has 3 rings (SSSR count). The predicted molar refractivity (Wildman–Crippen MR) is 72.4 cm³/mol. The van der Waals surface area contributed by atoms with Gasteiger partial charge >= 0.3 is 0 Å². The largest absolute Gasteiger partial charge is 0.239 e. The van der Waals surface area contributed by atoms with E-state index in [2.05, 4.69) is 16.7 Å². The van der Waals surface area contributed by atoms with Gasteiger partial charge in [-0.2, -0.15) is 5.10 Å². The Hall–Kier alpha value is -1.97. The molecule has 0 fully saturated rings. The highest BCUT2D eigenvalue weighted by molar-refractivity contribution is 5.56. The average Bonchev–Trinajstić information content (AvgIpc) is 3.00. The molecule has 1 aromatic heterocycles. The first kappa shape index (κ1) is 12.1. The Kier molecular flexibility index (Phi) is 2.93. The fraction of sp³-hybridized carbons (Fsp3) is 0.333. The Bertz CT molecular complexity index is 603. The van der Waals surface area contributed by atoms with E-state index in [1.807, 2.05) is 37.3 Å². The van der Waals surface area contributed by atoms with E-state index in [0.29, 0.717) is 18.1 Å². The van der Waals surface area contributed by atoms with Gasteiger partial charge in [0.1, 0.15) is 0 Å². The Labute approximate surface area is 111 Å². The van der Waals surface area contributed by atoms with E-state index >= 15 is 0 Å². The molecular formula is C15H16FN3. The van der Waals surface area contributed by atoms with Gasteiger partial charge in [-0.25, -0.2) is 14.1 Å². The minimum atomic E-state index is -1.05. The van der Waals surface area contributed by atoms with Crippen molar-refractivity contribution < 1.29 is 4.39 Å². The van der Waals surface area contributed by atoms with Crippen molar-refractivity contribution in [3.63, 3.8) is 0 Å². The third-order valence-electron chi connectivity index (χ3n) is 3.59. The van der Waals surface area contributed by atoms with Crippen LogP contribution in [0.3, 0.4) is 0 Å². The number of halogens is 1. The van der Waals surface area contributed by atoms with Crippen LogP contribution in [-0.2, 0) is 0 Å². The zero-order valence-electron chi connectivity index (χ0n) is 10.9. The first-order chi connectivity index (χ1) is 9.20. The molecule has 19 heavy (non-hydrogen) atoms. The third-order valence-corrected chi connectivity index (χ3v) is 3.59. The van der Waals surface area contributed by atoms with Gasteiger partial charge in [0.2, 0.25) is 0 Å². The molecule has 2 atom stereocenters. The Morgan fingerprint density at radius 3 is 2.84 bits per heavy atom. The van der Waals surface area contributed by atoms with E-state index in [9.17, 15) is 4.39 Å². The average molecular weight is 257 g/mol. The molecule has 4 heteroatoms. The summed E-state index contributed by atoms with van der Waals surface area (Å²) < 4.78 is 15.8. The van der Waals surface area contributed by atoms with Crippen LogP contribution in [0.5, 0.6) is 0 Å². The van der Waals surface area contributed by atoms with Crippen LogP contribution in [0.25, 0.3) is 5.57 Å². The lowest BCUT2D eigenvalue weighted by atomic mass is 10.0. The maximum absolute atomic E-state index is 14.1. The quantitative estimate of drug-likeness (QED) is 0.839. The number of alkyl halides is 1. The lowest BCUT2D eigenvalue weighted by Gasteiger charge is -2.11. The monoisotopic (exact) mass is 257 g/mol. The van der Waals surface area contributed by atoms with Crippen LogP contribution in [0.4, 0.5) is 4.39 Å². The van der Waals surface area contributed by atoms with Crippen LogP contribution in [0.2, 0.25) is 0 Å². The van der Waals surface area contributed by atoms with Crippen molar-refractivity contribution in [3.8, 4) is 0 Å². The number of hydrogen-bond acceptors (Lipinski definition) is 2. The lowest BCUT2D eigenvalue weighted by Crippen LogP contribution is -2.07. The molecule has 3 nitrogen and oxygen atoms in total. The Morgan fingerprint density at radius 1 is 1.42 bits per heavy atom. The number of aromatic nitrogens is 3. The minimum absolute atomic E-state index is 0.0582. The number of benzene rings is 1. The molecule has 98 valence electrons. The zero-order valence-corrected chi connectivity index (χ0v) is 10.9. The van der Waals surface area contributed by atoms with Crippen molar-refractivity contribution in [1.29, 1.82) is 0 Å². The molecule has 1 aromatic carbocycles. The van der Waals surface area contributed by atoms with E-state index in [4.69, 9.17) is 0 Å². The molecule has 0 spiro atoms. The number of fused-ring (bicyclic) bond motifs is 1. The maximum atomic E-state index is 14.1. The van der Waals surface area contributed by atoms with Crippen LogP contribution < -0.4 is 0 Å². The van der Waals surface area contributed by atoms with Gasteiger partial charge < -0.3 is 0 Å². The Morgan fingerprint density at radius 2 is 2.16 bits per heavy atom. The van der Waals surface area contributed by atoms with Gasteiger partial charge in [-0.15, -0.1) is 0 Å². The van der Waals surface area contributed by atoms with Crippen LogP contribution >= 0.6 is 0 Å². The zero-order chi connectivity index (χ0) is 13.4. The molecule has 2 aromatic rings. The van der Waals surface area contributed by atoms with Gasteiger partial charge in [0, 0.05) is 6.42 Å². The minimum Gasteiger partial charge on any atom is -0.239 e. The first-order valence-electron chi connectivity index (χ1n) is 6.54. The molecular weight excluding hydrogens is 241 g/mol. The highest BCUT2D eigenvalue weighted by Gasteiger charge is 2.35. The van der Waals surface area contributed by atoms with E-state index in [0.717, 1.165) is 17.6 Å². The summed E-state index contributed by atoms with van der Waals surface area (Å²) in [4.78, 5) is 4.30. The molecule has 0 saturated heterocycles. The summed E-state index contributed by atoms with van der Waals surface area (Å²) in [7, 11) is 0. The maximum Gasteiger partial charge on any atom is 0.176 e. The van der Waals surface area contributed by atoms with Crippen molar-refractivity contribution in [3.05, 3.63) is 54.1 Å². The summed E-state index contributed by atoms with van der Waals surface area (Å²) >= 11 is 0. The molecule has 0 saturated carbocycles. The fourth-order valence-electron chi connectivity index (χ4n) is 2.44. The summed E-state index contributed by atoms with van der Waals surface area (Å²) in [5, 5.41) is 4.44.